The highest BCUT2D eigenvalue weighted by atomic mass is 15.1. The van der Waals surface area contributed by atoms with Gasteiger partial charge in [0.2, 0.25) is 0 Å². The van der Waals surface area contributed by atoms with Crippen molar-refractivity contribution < 1.29 is 0 Å². The topological polar surface area (TPSA) is 3.24 Å². The van der Waals surface area contributed by atoms with Gasteiger partial charge in [-0.3, -0.25) is 0 Å². The molecule has 0 aromatic heterocycles. The van der Waals surface area contributed by atoms with E-state index in [1.165, 1.54) is 31.3 Å². The van der Waals surface area contributed by atoms with Crippen molar-refractivity contribution in [3.63, 3.8) is 0 Å². The van der Waals surface area contributed by atoms with Gasteiger partial charge in [0.15, 0.2) is 0 Å². The molecule has 0 saturated heterocycles. The van der Waals surface area contributed by atoms with Crippen molar-refractivity contribution in [1.82, 2.24) is 4.90 Å². The molecule has 1 heteroatoms. The predicted molar refractivity (Wildman–Crippen MR) is 65.7 cm³/mol. The van der Waals surface area contributed by atoms with Gasteiger partial charge in [-0.05, 0) is 33.9 Å². The van der Waals surface area contributed by atoms with Crippen LogP contribution in [0, 0.1) is 0 Å². The Hall–Kier alpha value is -0.300. The molecule has 14 heavy (non-hydrogen) atoms. The smallest absolute Gasteiger partial charge is 0.0298 e. The summed E-state index contributed by atoms with van der Waals surface area (Å²) in [6.07, 6.45) is 8.86. The van der Waals surface area contributed by atoms with Crippen LogP contribution in [-0.2, 0) is 0 Å². The summed E-state index contributed by atoms with van der Waals surface area (Å²) in [6, 6.07) is 0.654. The lowest BCUT2D eigenvalue weighted by Crippen LogP contribution is -2.28. The van der Waals surface area contributed by atoms with Crippen molar-refractivity contribution >= 4 is 0 Å². The number of allylic oxidation sites excluding steroid dienone is 1. The van der Waals surface area contributed by atoms with Crippen molar-refractivity contribution in [2.75, 3.05) is 14.1 Å². The average molecular weight is 197 g/mol. The minimum absolute atomic E-state index is 0.654. The van der Waals surface area contributed by atoms with Gasteiger partial charge in [0.1, 0.15) is 0 Å². The van der Waals surface area contributed by atoms with E-state index in [1.807, 2.05) is 0 Å². The van der Waals surface area contributed by atoms with Crippen molar-refractivity contribution in [3.8, 4) is 0 Å². The number of hydrogen-bond acceptors (Lipinski definition) is 1. The summed E-state index contributed by atoms with van der Waals surface area (Å²) in [7, 11) is 4.37. The fourth-order valence-electron chi connectivity index (χ4n) is 1.94. The summed E-state index contributed by atoms with van der Waals surface area (Å²) >= 11 is 0. The Bertz CT molecular complexity index is 159. The zero-order valence-electron chi connectivity index (χ0n) is 10.6. The Morgan fingerprint density at radius 1 is 1.21 bits per heavy atom. The zero-order chi connectivity index (χ0) is 11.0. The Kier molecular flexibility index (Phi) is 7.87. The lowest BCUT2D eigenvalue weighted by atomic mass is 10.00. The Morgan fingerprint density at radius 2 is 1.86 bits per heavy atom. The van der Waals surface area contributed by atoms with Gasteiger partial charge in [-0.2, -0.15) is 0 Å². The maximum absolute atomic E-state index is 2.36. The largest absolute Gasteiger partial charge is 0.303 e. The summed E-state index contributed by atoms with van der Waals surface area (Å²) in [5.41, 5.74) is 1.54. The van der Waals surface area contributed by atoms with Gasteiger partial charge in [0, 0.05) is 6.04 Å². The molecule has 0 aliphatic rings. The quantitative estimate of drug-likeness (QED) is 0.442. The maximum Gasteiger partial charge on any atom is 0.0298 e. The van der Waals surface area contributed by atoms with Gasteiger partial charge >= 0.3 is 0 Å². The molecular weight excluding hydrogens is 170 g/mol. The summed E-state index contributed by atoms with van der Waals surface area (Å²) in [6.45, 7) is 6.74. The Labute approximate surface area is 90.2 Å². The van der Waals surface area contributed by atoms with Crippen LogP contribution in [-0.4, -0.2) is 25.0 Å². The van der Waals surface area contributed by atoms with Gasteiger partial charge in [0.25, 0.3) is 0 Å². The van der Waals surface area contributed by atoms with Crippen LogP contribution in [0.2, 0.25) is 0 Å². The molecule has 0 amide bonds. The highest BCUT2D eigenvalue weighted by molar-refractivity contribution is 5.07. The first-order valence-corrected chi connectivity index (χ1v) is 5.96. The molecular formula is C13H27N. The zero-order valence-corrected chi connectivity index (χ0v) is 10.6. The third-order valence-electron chi connectivity index (χ3n) is 2.76. The maximum atomic E-state index is 2.36. The number of likely N-dealkylation sites (N-methyl/N-ethyl adjacent to an activating group) is 1. The van der Waals surface area contributed by atoms with E-state index in [4.69, 9.17) is 0 Å². The Balaban J connectivity index is 4.08. The van der Waals surface area contributed by atoms with Crippen LogP contribution < -0.4 is 0 Å². The van der Waals surface area contributed by atoms with Crippen LogP contribution in [0.3, 0.4) is 0 Å². The first-order valence-electron chi connectivity index (χ1n) is 5.96. The molecule has 1 nitrogen and oxygen atoms in total. The SMILES string of the molecule is CC/C=C(\C)C(CCCCC)N(C)C. The molecule has 0 aromatic carbocycles. The normalized spacial score (nSPS) is 14.9. The van der Waals surface area contributed by atoms with E-state index in [0.29, 0.717) is 6.04 Å². The van der Waals surface area contributed by atoms with Crippen molar-refractivity contribution in [1.29, 1.82) is 0 Å². The monoisotopic (exact) mass is 197 g/mol. The summed E-state index contributed by atoms with van der Waals surface area (Å²) in [5, 5.41) is 0. The molecule has 0 aliphatic heterocycles. The number of rotatable bonds is 7. The molecule has 0 rings (SSSR count). The highest BCUT2D eigenvalue weighted by Gasteiger charge is 2.11. The minimum atomic E-state index is 0.654. The standard InChI is InChI=1S/C13H27N/c1-6-8-9-11-13(14(4)5)12(3)10-7-2/h10,13H,6-9,11H2,1-5H3/b12-10+. The second kappa shape index (κ2) is 8.05. The summed E-state index contributed by atoms with van der Waals surface area (Å²) in [5.74, 6) is 0. The molecule has 0 aliphatic carbocycles. The summed E-state index contributed by atoms with van der Waals surface area (Å²) < 4.78 is 0. The van der Waals surface area contributed by atoms with Gasteiger partial charge < -0.3 is 4.90 Å². The second-order valence-electron chi connectivity index (χ2n) is 4.33. The van der Waals surface area contributed by atoms with E-state index >= 15 is 0 Å². The lowest BCUT2D eigenvalue weighted by Gasteiger charge is -2.25. The van der Waals surface area contributed by atoms with E-state index in [-0.39, 0.29) is 0 Å². The van der Waals surface area contributed by atoms with Crippen molar-refractivity contribution in [2.45, 2.75) is 58.9 Å². The van der Waals surface area contributed by atoms with Crippen LogP contribution in [0.15, 0.2) is 11.6 Å². The van der Waals surface area contributed by atoms with Crippen molar-refractivity contribution in [2.24, 2.45) is 0 Å². The van der Waals surface area contributed by atoms with Crippen LogP contribution >= 0.6 is 0 Å². The number of hydrogen-bond donors (Lipinski definition) is 0. The molecule has 0 heterocycles. The molecule has 0 spiro atoms. The van der Waals surface area contributed by atoms with Crippen molar-refractivity contribution in [3.05, 3.63) is 11.6 Å². The van der Waals surface area contributed by atoms with Crippen LogP contribution in [0.1, 0.15) is 52.9 Å². The molecule has 0 saturated carbocycles. The van der Waals surface area contributed by atoms with E-state index in [1.54, 1.807) is 0 Å². The second-order valence-corrected chi connectivity index (χ2v) is 4.33. The molecule has 0 aromatic rings. The molecule has 84 valence electrons. The van der Waals surface area contributed by atoms with E-state index < -0.39 is 0 Å². The van der Waals surface area contributed by atoms with E-state index in [0.717, 1.165) is 6.42 Å². The van der Waals surface area contributed by atoms with Crippen LogP contribution in [0.25, 0.3) is 0 Å². The fourth-order valence-corrected chi connectivity index (χ4v) is 1.94. The molecule has 1 atom stereocenters. The van der Waals surface area contributed by atoms with E-state index in [9.17, 15) is 0 Å². The predicted octanol–water partition coefficient (Wildman–Crippen LogP) is 3.85. The van der Waals surface area contributed by atoms with Gasteiger partial charge in [-0.15, -0.1) is 0 Å². The summed E-state index contributed by atoms with van der Waals surface area (Å²) in [4.78, 5) is 2.34. The van der Waals surface area contributed by atoms with Crippen LogP contribution in [0.5, 0.6) is 0 Å². The first kappa shape index (κ1) is 13.7. The third-order valence-corrected chi connectivity index (χ3v) is 2.76. The molecule has 0 fully saturated rings. The average Bonchev–Trinajstić information content (AvgIpc) is 2.12. The number of unbranched alkanes of at least 4 members (excludes halogenated alkanes) is 2. The van der Waals surface area contributed by atoms with E-state index in [2.05, 4.69) is 45.8 Å². The fraction of sp³-hybridized carbons (Fsp3) is 0.846. The highest BCUT2D eigenvalue weighted by Crippen LogP contribution is 2.15. The third kappa shape index (κ3) is 5.43. The van der Waals surface area contributed by atoms with Gasteiger partial charge in [-0.1, -0.05) is 44.8 Å². The Morgan fingerprint density at radius 3 is 2.29 bits per heavy atom. The lowest BCUT2D eigenvalue weighted by molar-refractivity contribution is 0.307. The van der Waals surface area contributed by atoms with Gasteiger partial charge in [-0.25, -0.2) is 0 Å². The minimum Gasteiger partial charge on any atom is -0.303 e. The molecule has 1 unspecified atom stereocenters. The molecule has 0 N–H and O–H groups in total. The number of nitrogens with zero attached hydrogens (tertiary/aromatic N) is 1. The van der Waals surface area contributed by atoms with Gasteiger partial charge in [0.05, 0.1) is 0 Å². The molecule has 0 bridgehead atoms. The van der Waals surface area contributed by atoms with Crippen LogP contribution in [0.4, 0.5) is 0 Å². The molecule has 0 radical (unpaired) electrons. The first-order chi connectivity index (χ1) is 6.63.